The summed E-state index contributed by atoms with van der Waals surface area (Å²) in [5.74, 6) is -0.313. The van der Waals surface area contributed by atoms with Crippen LogP contribution in [0.15, 0.2) is 0 Å². The van der Waals surface area contributed by atoms with Crippen molar-refractivity contribution in [2.75, 3.05) is 20.7 Å². The number of nitrogens with zero attached hydrogens (tertiary/aromatic N) is 1. The van der Waals surface area contributed by atoms with Crippen LogP contribution in [0.5, 0.6) is 0 Å². The van der Waals surface area contributed by atoms with Crippen molar-refractivity contribution in [1.29, 1.82) is 0 Å². The smallest absolute Gasteiger partial charge is 0.325 e. The highest BCUT2D eigenvalue weighted by atomic mass is 16.5. The van der Waals surface area contributed by atoms with Crippen molar-refractivity contribution in [3.8, 4) is 0 Å². The lowest BCUT2D eigenvalue weighted by Crippen LogP contribution is -2.44. The molecule has 0 heterocycles. The topological polar surface area (TPSA) is 72.6 Å². The molecule has 0 aliphatic carbocycles. The second-order valence-corrected chi connectivity index (χ2v) is 4.01. The second kappa shape index (κ2) is 6.40. The monoisotopic (exact) mass is 216 g/mol. The average Bonchev–Trinajstić information content (AvgIpc) is 2.15. The number of ether oxygens (including phenoxy) is 1. The molecular formula is C10H20N2O3. The molecule has 0 aromatic carbocycles. The quantitative estimate of drug-likeness (QED) is 0.656. The zero-order chi connectivity index (χ0) is 12.0. The molecule has 0 spiro atoms. The maximum atomic E-state index is 11.6. The van der Waals surface area contributed by atoms with Crippen LogP contribution in [-0.2, 0) is 14.3 Å². The Bertz CT molecular complexity index is 229. The number of esters is 1. The molecule has 15 heavy (non-hydrogen) atoms. The van der Waals surface area contributed by atoms with Crippen molar-refractivity contribution < 1.29 is 14.3 Å². The van der Waals surface area contributed by atoms with Gasteiger partial charge in [0.1, 0.15) is 6.54 Å². The lowest BCUT2D eigenvalue weighted by molar-refractivity contribution is -0.146. The zero-order valence-corrected chi connectivity index (χ0v) is 9.82. The van der Waals surface area contributed by atoms with E-state index in [0.29, 0.717) is 12.3 Å². The van der Waals surface area contributed by atoms with Gasteiger partial charge in [-0.3, -0.25) is 9.59 Å². The Balaban J connectivity index is 4.13. The van der Waals surface area contributed by atoms with Crippen LogP contribution in [-0.4, -0.2) is 43.5 Å². The van der Waals surface area contributed by atoms with Gasteiger partial charge in [-0.05, 0) is 12.3 Å². The van der Waals surface area contributed by atoms with Gasteiger partial charge in [-0.1, -0.05) is 13.8 Å². The molecule has 0 radical (unpaired) electrons. The predicted octanol–water partition coefficient (Wildman–Crippen LogP) is -0.00880. The standard InChI is InChI=1S/C10H20N2O3/c1-7(2)5-8(11)10(14)12(3)6-9(13)15-4/h7-8H,5-6,11H2,1-4H3/t8-/m0/s1. The van der Waals surface area contributed by atoms with Gasteiger partial charge in [0.25, 0.3) is 0 Å². The number of likely N-dealkylation sites (N-methyl/N-ethyl adjacent to an activating group) is 1. The summed E-state index contributed by atoms with van der Waals surface area (Å²) in [6.45, 7) is 3.93. The Morgan fingerprint density at radius 2 is 1.93 bits per heavy atom. The van der Waals surface area contributed by atoms with Crippen LogP contribution in [0.1, 0.15) is 20.3 Å². The van der Waals surface area contributed by atoms with Crippen LogP contribution in [0.3, 0.4) is 0 Å². The van der Waals surface area contributed by atoms with Crippen molar-refractivity contribution in [2.24, 2.45) is 11.7 Å². The Morgan fingerprint density at radius 1 is 1.40 bits per heavy atom. The van der Waals surface area contributed by atoms with Gasteiger partial charge in [-0.25, -0.2) is 0 Å². The SMILES string of the molecule is COC(=O)CN(C)C(=O)[C@@H](N)CC(C)C. The maximum absolute atomic E-state index is 11.6. The summed E-state index contributed by atoms with van der Waals surface area (Å²) in [7, 11) is 2.83. The van der Waals surface area contributed by atoms with Gasteiger partial charge in [0, 0.05) is 7.05 Å². The first kappa shape index (κ1) is 13.9. The van der Waals surface area contributed by atoms with Gasteiger partial charge < -0.3 is 15.4 Å². The highest BCUT2D eigenvalue weighted by Gasteiger charge is 2.20. The largest absolute Gasteiger partial charge is 0.468 e. The third kappa shape index (κ3) is 5.37. The number of rotatable bonds is 5. The van der Waals surface area contributed by atoms with Gasteiger partial charge in [-0.2, -0.15) is 0 Å². The summed E-state index contributed by atoms with van der Waals surface area (Å²) in [6, 6.07) is -0.542. The van der Waals surface area contributed by atoms with Crippen molar-refractivity contribution in [3.05, 3.63) is 0 Å². The van der Waals surface area contributed by atoms with E-state index in [1.165, 1.54) is 12.0 Å². The molecule has 0 aliphatic rings. The van der Waals surface area contributed by atoms with Crippen molar-refractivity contribution in [1.82, 2.24) is 4.90 Å². The number of nitrogens with two attached hydrogens (primary N) is 1. The number of hydrogen-bond donors (Lipinski definition) is 1. The number of hydrogen-bond acceptors (Lipinski definition) is 4. The molecule has 0 unspecified atom stereocenters. The molecule has 0 aromatic rings. The molecule has 0 bridgehead atoms. The first-order chi connectivity index (χ1) is 6.88. The molecule has 0 saturated heterocycles. The van der Waals surface area contributed by atoms with E-state index >= 15 is 0 Å². The van der Waals surface area contributed by atoms with Gasteiger partial charge >= 0.3 is 5.97 Å². The average molecular weight is 216 g/mol. The molecule has 2 N–H and O–H groups in total. The second-order valence-electron chi connectivity index (χ2n) is 4.01. The molecule has 1 atom stereocenters. The number of amides is 1. The van der Waals surface area contributed by atoms with E-state index in [1.807, 2.05) is 13.8 Å². The maximum Gasteiger partial charge on any atom is 0.325 e. The summed E-state index contributed by atoms with van der Waals surface area (Å²) in [4.78, 5) is 23.8. The molecule has 0 aromatic heterocycles. The van der Waals surface area contributed by atoms with E-state index < -0.39 is 12.0 Å². The molecule has 5 heteroatoms. The van der Waals surface area contributed by atoms with Crippen molar-refractivity contribution >= 4 is 11.9 Å². The van der Waals surface area contributed by atoms with Gasteiger partial charge in [0.15, 0.2) is 0 Å². The number of methoxy groups -OCH3 is 1. The fraction of sp³-hybridized carbons (Fsp3) is 0.800. The van der Waals surface area contributed by atoms with E-state index in [9.17, 15) is 9.59 Å². The van der Waals surface area contributed by atoms with E-state index in [4.69, 9.17) is 5.73 Å². The molecule has 0 saturated carbocycles. The van der Waals surface area contributed by atoms with E-state index in [0.717, 1.165) is 0 Å². The first-order valence-electron chi connectivity index (χ1n) is 4.95. The summed E-state index contributed by atoms with van der Waals surface area (Å²) < 4.78 is 4.46. The lowest BCUT2D eigenvalue weighted by Gasteiger charge is -2.21. The number of carbonyl (C=O) groups excluding carboxylic acids is 2. The molecule has 1 amide bonds. The minimum atomic E-state index is -0.542. The Morgan fingerprint density at radius 3 is 2.33 bits per heavy atom. The van der Waals surface area contributed by atoms with Gasteiger partial charge in [0.2, 0.25) is 5.91 Å². The minimum absolute atomic E-state index is 0.0544. The third-order valence-electron chi connectivity index (χ3n) is 2.01. The molecular weight excluding hydrogens is 196 g/mol. The van der Waals surface area contributed by atoms with Gasteiger partial charge in [0.05, 0.1) is 13.2 Å². The summed E-state index contributed by atoms with van der Waals surface area (Å²) in [5, 5.41) is 0. The Labute approximate surface area is 90.6 Å². The fourth-order valence-corrected chi connectivity index (χ4v) is 1.23. The lowest BCUT2D eigenvalue weighted by atomic mass is 10.0. The zero-order valence-electron chi connectivity index (χ0n) is 9.82. The molecule has 0 aliphatic heterocycles. The third-order valence-corrected chi connectivity index (χ3v) is 2.01. The van der Waals surface area contributed by atoms with E-state index in [-0.39, 0.29) is 12.5 Å². The van der Waals surface area contributed by atoms with Gasteiger partial charge in [-0.15, -0.1) is 0 Å². The van der Waals surface area contributed by atoms with Crippen LogP contribution in [0.2, 0.25) is 0 Å². The van der Waals surface area contributed by atoms with Crippen LogP contribution in [0.25, 0.3) is 0 Å². The van der Waals surface area contributed by atoms with Crippen LogP contribution >= 0.6 is 0 Å². The number of carbonyl (C=O) groups is 2. The fourth-order valence-electron chi connectivity index (χ4n) is 1.23. The highest BCUT2D eigenvalue weighted by molar-refractivity contribution is 5.85. The molecule has 88 valence electrons. The van der Waals surface area contributed by atoms with Crippen LogP contribution in [0.4, 0.5) is 0 Å². The first-order valence-corrected chi connectivity index (χ1v) is 4.95. The normalized spacial score (nSPS) is 12.4. The molecule has 5 nitrogen and oxygen atoms in total. The summed E-state index contributed by atoms with van der Waals surface area (Å²) in [6.07, 6.45) is 0.615. The van der Waals surface area contributed by atoms with Crippen LogP contribution in [0, 0.1) is 5.92 Å². The van der Waals surface area contributed by atoms with E-state index in [2.05, 4.69) is 4.74 Å². The molecule has 0 fully saturated rings. The summed E-state index contributed by atoms with van der Waals surface area (Å²) in [5.41, 5.74) is 5.69. The predicted molar refractivity (Wildman–Crippen MR) is 57.1 cm³/mol. The Kier molecular flexibility index (Phi) is 5.93. The van der Waals surface area contributed by atoms with Crippen LogP contribution < -0.4 is 5.73 Å². The minimum Gasteiger partial charge on any atom is -0.468 e. The summed E-state index contributed by atoms with van der Waals surface area (Å²) >= 11 is 0. The van der Waals surface area contributed by atoms with Crippen molar-refractivity contribution in [2.45, 2.75) is 26.3 Å². The molecule has 0 rings (SSSR count). The Hall–Kier alpha value is -1.10. The highest BCUT2D eigenvalue weighted by Crippen LogP contribution is 2.04. The van der Waals surface area contributed by atoms with Crippen molar-refractivity contribution in [3.63, 3.8) is 0 Å². The van der Waals surface area contributed by atoms with E-state index in [1.54, 1.807) is 7.05 Å².